The van der Waals surface area contributed by atoms with Crippen molar-refractivity contribution in [2.75, 3.05) is 20.2 Å². The van der Waals surface area contributed by atoms with Gasteiger partial charge in [-0.05, 0) is 31.9 Å². The molecule has 0 N–H and O–H groups in total. The lowest BCUT2D eigenvalue weighted by Gasteiger charge is -2.39. The maximum Gasteiger partial charge on any atom is 0.259 e. The first-order valence-corrected chi connectivity index (χ1v) is 7.14. The number of hydrogen-bond donors (Lipinski definition) is 0. The number of likely N-dealkylation sites (tertiary alicyclic amines) is 1. The molecule has 1 fully saturated rings. The fourth-order valence-electron chi connectivity index (χ4n) is 2.45. The number of amides is 1. The lowest BCUT2D eigenvalue weighted by Crippen LogP contribution is -2.50. The molecule has 6 heteroatoms. The third-order valence-corrected chi connectivity index (χ3v) is 4.12. The molecule has 0 aliphatic carbocycles. The van der Waals surface area contributed by atoms with Crippen molar-refractivity contribution in [3.8, 4) is 0 Å². The summed E-state index contributed by atoms with van der Waals surface area (Å²) in [5, 5.41) is 0. The second-order valence-electron chi connectivity index (χ2n) is 5.23. The number of halogens is 3. The van der Waals surface area contributed by atoms with Gasteiger partial charge in [0.05, 0.1) is 5.60 Å². The number of ether oxygens (including phenoxy) is 1. The average Bonchev–Trinajstić information content (AvgIpc) is 2.37. The van der Waals surface area contributed by atoms with Crippen LogP contribution in [0.15, 0.2) is 16.6 Å². The molecule has 1 aliphatic rings. The molecule has 1 amide bonds. The van der Waals surface area contributed by atoms with Crippen molar-refractivity contribution >= 4 is 21.8 Å². The zero-order valence-corrected chi connectivity index (χ0v) is 13.0. The molecule has 1 atom stereocenters. The molecule has 1 heterocycles. The Hall–Kier alpha value is -1.01. The lowest BCUT2D eigenvalue weighted by molar-refractivity contribution is -0.0442. The van der Waals surface area contributed by atoms with Gasteiger partial charge >= 0.3 is 0 Å². The second kappa shape index (κ2) is 5.77. The van der Waals surface area contributed by atoms with E-state index in [-0.39, 0.29) is 4.47 Å². The highest BCUT2D eigenvalue weighted by Gasteiger charge is 2.35. The number of benzene rings is 1. The van der Waals surface area contributed by atoms with Crippen LogP contribution in [-0.2, 0) is 4.74 Å². The predicted octanol–water partition coefficient (Wildman–Crippen LogP) is 3.37. The third-order valence-electron chi connectivity index (χ3n) is 3.66. The summed E-state index contributed by atoms with van der Waals surface area (Å²) in [6, 6.07) is 2.19. The standard InChI is InChI=1S/C14H16BrF2NO2/c1-14(20-2)4-3-5-18(8-14)13(19)12-10(16)6-9(15)7-11(12)17/h6-7H,3-5,8H2,1-2H3. The summed E-state index contributed by atoms with van der Waals surface area (Å²) >= 11 is 3.00. The summed E-state index contributed by atoms with van der Waals surface area (Å²) < 4.78 is 33.3. The molecule has 2 rings (SSSR count). The van der Waals surface area contributed by atoms with E-state index >= 15 is 0 Å². The van der Waals surface area contributed by atoms with Crippen LogP contribution in [0.5, 0.6) is 0 Å². The molecular formula is C14H16BrF2NO2. The normalized spacial score (nSPS) is 22.9. The molecule has 110 valence electrons. The van der Waals surface area contributed by atoms with Crippen LogP contribution in [0.25, 0.3) is 0 Å². The van der Waals surface area contributed by atoms with E-state index in [2.05, 4.69) is 15.9 Å². The molecule has 3 nitrogen and oxygen atoms in total. The van der Waals surface area contributed by atoms with Crippen molar-refractivity contribution in [2.24, 2.45) is 0 Å². The van der Waals surface area contributed by atoms with E-state index in [0.29, 0.717) is 13.1 Å². The smallest absolute Gasteiger partial charge is 0.259 e. The fraction of sp³-hybridized carbons (Fsp3) is 0.500. The Balaban J connectivity index is 2.28. The van der Waals surface area contributed by atoms with E-state index in [4.69, 9.17) is 4.74 Å². The lowest BCUT2D eigenvalue weighted by atomic mass is 9.94. The van der Waals surface area contributed by atoms with Gasteiger partial charge in [0.2, 0.25) is 0 Å². The number of carbonyl (C=O) groups is 1. The number of nitrogens with zero attached hydrogens (tertiary/aromatic N) is 1. The van der Waals surface area contributed by atoms with E-state index in [9.17, 15) is 13.6 Å². The number of carbonyl (C=O) groups excluding carboxylic acids is 1. The number of hydrogen-bond acceptors (Lipinski definition) is 2. The first-order valence-electron chi connectivity index (χ1n) is 6.35. The Morgan fingerprint density at radius 1 is 1.40 bits per heavy atom. The molecule has 20 heavy (non-hydrogen) atoms. The summed E-state index contributed by atoms with van der Waals surface area (Å²) in [7, 11) is 1.58. The third kappa shape index (κ3) is 3.01. The van der Waals surface area contributed by atoms with Gasteiger partial charge in [0.15, 0.2) is 0 Å². The summed E-state index contributed by atoms with van der Waals surface area (Å²) in [6.45, 7) is 2.70. The van der Waals surface area contributed by atoms with Crippen molar-refractivity contribution in [1.29, 1.82) is 0 Å². The Morgan fingerprint density at radius 2 is 2.00 bits per heavy atom. The molecule has 0 radical (unpaired) electrons. The van der Waals surface area contributed by atoms with Crippen molar-refractivity contribution in [2.45, 2.75) is 25.4 Å². The minimum Gasteiger partial charge on any atom is -0.377 e. The van der Waals surface area contributed by atoms with Crippen LogP contribution in [0.2, 0.25) is 0 Å². The summed E-state index contributed by atoms with van der Waals surface area (Å²) in [6.07, 6.45) is 1.56. The van der Waals surface area contributed by atoms with Gasteiger partial charge in [0.1, 0.15) is 17.2 Å². The molecule has 1 aromatic carbocycles. The largest absolute Gasteiger partial charge is 0.377 e. The Kier molecular flexibility index (Phi) is 4.44. The summed E-state index contributed by atoms with van der Waals surface area (Å²) in [5.74, 6) is -2.34. The number of piperidine rings is 1. The van der Waals surface area contributed by atoms with Gasteiger partial charge < -0.3 is 9.64 Å². The van der Waals surface area contributed by atoms with E-state index in [1.54, 1.807) is 7.11 Å². The molecule has 1 aliphatic heterocycles. The summed E-state index contributed by atoms with van der Waals surface area (Å²) in [5.41, 5.74) is -0.968. The predicted molar refractivity (Wildman–Crippen MR) is 74.6 cm³/mol. The monoisotopic (exact) mass is 347 g/mol. The Bertz CT molecular complexity index is 515. The van der Waals surface area contributed by atoms with Crippen LogP contribution >= 0.6 is 15.9 Å². The highest BCUT2D eigenvalue weighted by Crippen LogP contribution is 2.27. The molecule has 1 unspecified atom stereocenters. The molecular weight excluding hydrogens is 332 g/mol. The molecule has 1 aromatic rings. The maximum atomic E-state index is 13.8. The fourth-order valence-corrected chi connectivity index (χ4v) is 2.85. The highest BCUT2D eigenvalue weighted by molar-refractivity contribution is 9.10. The summed E-state index contributed by atoms with van der Waals surface area (Å²) in [4.78, 5) is 13.8. The average molecular weight is 348 g/mol. The Morgan fingerprint density at radius 3 is 2.55 bits per heavy atom. The van der Waals surface area contributed by atoms with Gasteiger partial charge in [0.25, 0.3) is 5.91 Å². The van der Waals surface area contributed by atoms with Crippen molar-refractivity contribution in [3.05, 3.63) is 33.8 Å². The van der Waals surface area contributed by atoms with Crippen molar-refractivity contribution in [3.63, 3.8) is 0 Å². The van der Waals surface area contributed by atoms with E-state index in [0.717, 1.165) is 25.0 Å². The SMILES string of the molecule is COC1(C)CCCN(C(=O)c2c(F)cc(Br)cc2F)C1. The first kappa shape index (κ1) is 15.4. The molecule has 0 aromatic heterocycles. The highest BCUT2D eigenvalue weighted by atomic mass is 79.9. The zero-order valence-electron chi connectivity index (χ0n) is 11.4. The van der Waals surface area contributed by atoms with Crippen molar-refractivity contribution in [1.82, 2.24) is 4.90 Å². The van der Waals surface area contributed by atoms with Crippen LogP contribution in [0.3, 0.4) is 0 Å². The minimum absolute atomic E-state index is 0.268. The molecule has 0 spiro atoms. The van der Waals surface area contributed by atoms with Gasteiger partial charge in [-0.3, -0.25) is 4.79 Å². The van der Waals surface area contributed by atoms with Gasteiger partial charge in [0, 0.05) is 24.7 Å². The first-order chi connectivity index (χ1) is 9.36. The van der Waals surface area contributed by atoms with Crippen LogP contribution < -0.4 is 0 Å². The minimum atomic E-state index is -0.855. The molecule has 0 saturated carbocycles. The van der Waals surface area contributed by atoms with E-state index in [1.165, 1.54) is 4.90 Å². The van der Waals surface area contributed by atoms with Crippen LogP contribution in [-0.4, -0.2) is 36.6 Å². The van der Waals surface area contributed by atoms with Gasteiger partial charge in [-0.15, -0.1) is 0 Å². The van der Waals surface area contributed by atoms with Gasteiger partial charge in [-0.1, -0.05) is 15.9 Å². The van der Waals surface area contributed by atoms with E-state index < -0.39 is 28.7 Å². The van der Waals surface area contributed by atoms with Crippen molar-refractivity contribution < 1.29 is 18.3 Å². The van der Waals surface area contributed by atoms with Gasteiger partial charge in [-0.25, -0.2) is 8.78 Å². The topological polar surface area (TPSA) is 29.5 Å². The van der Waals surface area contributed by atoms with E-state index in [1.807, 2.05) is 6.92 Å². The van der Waals surface area contributed by atoms with Crippen LogP contribution in [0.1, 0.15) is 30.1 Å². The number of rotatable bonds is 2. The number of methoxy groups -OCH3 is 1. The molecule has 1 saturated heterocycles. The zero-order chi connectivity index (χ0) is 14.9. The Labute approximate surface area is 125 Å². The second-order valence-corrected chi connectivity index (χ2v) is 6.14. The van der Waals surface area contributed by atoms with Crippen LogP contribution in [0.4, 0.5) is 8.78 Å². The molecule has 0 bridgehead atoms. The van der Waals surface area contributed by atoms with Crippen LogP contribution in [0, 0.1) is 11.6 Å². The van der Waals surface area contributed by atoms with Gasteiger partial charge in [-0.2, -0.15) is 0 Å². The maximum absolute atomic E-state index is 13.8. The quantitative estimate of drug-likeness (QED) is 0.820.